The van der Waals surface area contributed by atoms with Crippen LogP contribution in [0.3, 0.4) is 0 Å². The lowest BCUT2D eigenvalue weighted by Gasteiger charge is -2.23. The van der Waals surface area contributed by atoms with Crippen LogP contribution in [-0.2, 0) is 11.2 Å². The third-order valence-electron chi connectivity index (χ3n) is 2.72. The lowest BCUT2D eigenvalue weighted by Crippen LogP contribution is -2.31. The minimum Gasteiger partial charge on any atom is -0.356 e. The number of aryl methyl sites for hydroxylation is 1. The van der Waals surface area contributed by atoms with E-state index >= 15 is 0 Å². The molecule has 1 atom stereocenters. The van der Waals surface area contributed by atoms with Crippen molar-refractivity contribution in [3.8, 4) is 0 Å². The van der Waals surface area contributed by atoms with Gasteiger partial charge in [0.05, 0.1) is 5.92 Å². The van der Waals surface area contributed by atoms with Gasteiger partial charge in [0.2, 0.25) is 5.91 Å². The molecule has 0 aliphatic heterocycles. The second kappa shape index (κ2) is 4.47. The molecule has 0 saturated heterocycles. The van der Waals surface area contributed by atoms with Crippen molar-refractivity contribution in [2.75, 3.05) is 6.54 Å². The maximum atomic E-state index is 11.8. The molecular weight excluding hydrogens is 186 g/mol. The molecule has 2 radical (unpaired) electrons. The number of amides is 1. The predicted molar refractivity (Wildman–Crippen MR) is 59.4 cm³/mol. The second-order valence-corrected chi connectivity index (χ2v) is 3.73. The summed E-state index contributed by atoms with van der Waals surface area (Å²) < 4.78 is 0. The van der Waals surface area contributed by atoms with Gasteiger partial charge in [0, 0.05) is 13.0 Å². The number of likely N-dealkylation sites (N-methyl/N-ethyl adjacent to an activating group) is 1. The van der Waals surface area contributed by atoms with Gasteiger partial charge in [0.25, 0.3) is 0 Å². The van der Waals surface area contributed by atoms with Gasteiger partial charge >= 0.3 is 0 Å². The molecule has 2 rings (SSSR count). The summed E-state index contributed by atoms with van der Waals surface area (Å²) in [6.45, 7) is 2.62. The Bertz CT molecular complexity index is 359. The molecule has 0 saturated carbocycles. The minimum atomic E-state index is -0.171. The number of hydrogen-bond acceptors (Lipinski definition) is 1. The van der Waals surface area contributed by atoms with Crippen LogP contribution in [0.5, 0.6) is 0 Å². The molecule has 1 N–H and O–H groups in total. The van der Waals surface area contributed by atoms with Gasteiger partial charge in [-0.2, -0.15) is 0 Å². The van der Waals surface area contributed by atoms with E-state index in [1.807, 2.05) is 25.1 Å². The van der Waals surface area contributed by atoms with E-state index in [0.29, 0.717) is 6.54 Å². The molecule has 1 amide bonds. The van der Waals surface area contributed by atoms with E-state index in [4.69, 9.17) is 0 Å². The predicted octanol–water partition coefficient (Wildman–Crippen LogP) is 1.93. The topological polar surface area (TPSA) is 29.1 Å². The van der Waals surface area contributed by atoms with Crippen molar-refractivity contribution in [1.82, 2.24) is 5.32 Å². The van der Waals surface area contributed by atoms with E-state index in [9.17, 15) is 4.79 Å². The van der Waals surface area contributed by atoms with Crippen LogP contribution in [0.4, 0.5) is 0 Å². The van der Waals surface area contributed by atoms with Gasteiger partial charge in [-0.05, 0) is 30.9 Å². The Labute approximate surface area is 90.7 Å². The Morgan fingerprint density at radius 1 is 1.53 bits per heavy atom. The number of carbonyl (C=O) groups is 1. The van der Waals surface area contributed by atoms with Crippen LogP contribution >= 0.6 is 0 Å². The van der Waals surface area contributed by atoms with Gasteiger partial charge in [-0.1, -0.05) is 24.3 Å². The zero-order valence-electron chi connectivity index (χ0n) is 8.92. The van der Waals surface area contributed by atoms with Gasteiger partial charge in [-0.3, -0.25) is 4.79 Å². The quantitative estimate of drug-likeness (QED) is 0.778. The number of benzene rings is 1. The second-order valence-electron chi connectivity index (χ2n) is 3.73. The fraction of sp³-hybridized carbons (Fsp3) is 0.385. The molecular formula is C13H15NO. The Hall–Kier alpha value is -1.31. The van der Waals surface area contributed by atoms with Crippen LogP contribution in [0.1, 0.15) is 30.4 Å². The Balaban J connectivity index is 2.25. The van der Waals surface area contributed by atoms with Crippen molar-refractivity contribution in [3.63, 3.8) is 0 Å². The van der Waals surface area contributed by atoms with Gasteiger partial charge in [0.15, 0.2) is 0 Å². The van der Waals surface area contributed by atoms with Crippen molar-refractivity contribution in [1.29, 1.82) is 0 Å². The van der Waals surface area contributed by atoms with Gasteiger partial charge in [-0.25, -0.2) is 0 Å². The van der Waals surface area contributed by atoms with E-state index in [2.05, 4.69) is 17.8 Å². The SMILES string of the molecule is CCNC(=O)C1[C]CCc2ccccc21. The highest BCUT2D eigenvalue weighted by atomic mass is 16.1. The summed E-state index contributed by atoms with van der Waals surface area (Å²) in [5, 5.41) is 2.85. The monoisotopic (exact) mass is 201 g/mol. The summed E-state index contributed by atoms with van der Waals surface area (Å²) in [6.07, 6.45) is 5.13. The molecule has 0 aromatic heterocycles. The largest absolute Gasteiger partial charge is 0.356 e. The number of fused-ring (bicyclic) bond motifs is 1. The molecule has 0 heterocycles. The Morgan fingerprint density at radius 3 is 3.13 bits per heavy atom. The Kier molecular flexibility index (Phi) is 3.05. The first kappa shape index (κ1) is 10.2. The van der Waals surface area contributed by atoms with E-state index in [-0.39, 0.29) is 11.8 Å². The van der Waals surface area contributed by atoms with Crippen LogP contribution < -0.4 is 5.32 Å². The van der Waals surface area contributed by atoms with Crippen LogP contribution in [0.25, 0.3) is 0 Å². The van der Waals surface area contributed by atoms with Gasteiger partial charge in [-0.15, -0.1) is 0 Å². The zero-order chi connectivity index (χ0) is 10.7. The fourth-order valence-corrected chi connectivity index (χ4v) is 2.01. The summed E-state index contributed by atoms with van der Waals surface area (Å²) in [7, 11) is 0. The van der Waals surface area contributed by atoms with E-state index < -0.39 is 0 Å². The van der Waals surface area contributed by atoms with E-state index in [1.54, 1.807) is 0 Å². The molecule has 1 aliphatic rings. The first-order valence-corrected chi connectivity index (χ1v) is 5.42. The highest BCUT2D eigenvalue weighted by Crippen LogP contribution is 2.30. The Morgan fingerprint density at radius 2 is 2.33 bits per heavy atom. The summed E-state index contributed by atoms with van der Waals surface area (Å²) >= 11 is 0. The van der Waals surface area contributed by atoms with Crippen molar-refractivity contribution < 1.29 is 4.79 Å². The molecule has 0 bridgehead atoms. The summed E-state index contributed by atoms with van der Waals surface area (Å²) in [6, 6.07) is 8.14. The van der Waals surface area contributed by atoms with Crippen molar-refractivity contribution in [3.05, 3.63) is 41.8 Å². The van der Waals surface area contributed by atoms with E-state index in [1.165, 1.54) is 5.56 Å². The maximum Gasteiger partial charge on any atom is 0.228 e. The number of rotatable bonds is 2. The van der Waals surface area contributed by atoms with Crippen molar-refractivity contribution >= 4 is 5.91 Å². The molecule has 1 aromatic carbocycles. The number of carbonyl (C=O) groups excluding carboxylic acids is 1. The standard InChI is InChI=1S/C13H15NO/c1-2-14-13(15)12-9-5-7-10-6-3-4-8-11(10)12/h3-4,6,8,12H,2,5,7H2,1H3,(H,14,15). The van der Waals surface area contributed by atoms with Gasteiger partial charge in [0.1, 0.15) is 0 Å². The molecule has 1 unspecified atom stereocenters. The third-order valence-corrected chi connectivity index (χ3v) is 2.72. The van der Waals surface area contributed by atoms with Crippen LogP contribution in [0.15, 0.2) is 24.3 Å². The number of hydrogen-bond donors (Lipinski definition) is 1. The summed E-state index contributed by atoms with van der Waals surface area (Å²) in [4.78, 5) is 11.8. The summed E-state index contributed by atoms with van der Waals surface area (Å²) in [5.41, 5.74) is 2.40. The zero-order valence-corrected chi connectivity index (χ0v) is 8.92. The molecule has 0 fully saturated rings. The van der Waals surface area contributed by atoms with E-state index in [0.717, 1.165) is 18.4 Å². The maximum absolute atomic E-state index is 11.8. The lowest BCUT2D eigenvalue weighted by atomic mass is 9.82. The van der Waals surface area contributed by atoms with Crippen LogP contribution in [-0.4, -0.2) is 12.5 Å². The normalized spacial score (nSPS) is 19.4. The van der Waals surface area contributed by atoms with Crippen LogP contribution in [0.2, 0.25) is 0 Å². The van der Waals surface area contributed by atoms with Crippen LogP contribution in [0, 0.1) is 6.42 Å². The highest BCUT2D eigenvalue weighted by molar-refractivity contribution is 5.85. The first-order valence-electron chi connectivity index (χ1n) is 5.42. The van der Waals surface area contributed by atoms with Gasteiger partial charge < -0.3 is 5.32 Å². The first-order chi connectivity index (χ1) is 7.33. The summed E-state index contributed by atoms with van der Waals surface area (Å²) in [5.74, 6) is -0.0976. The molecule has 0 spiro atoms. The average molecular weight is 201 g/mol. The van der Waals surface area contributed by atoms with Crippen molar-refractivity contribution in [2.45, 2.75) is 25.7 Å². The third kappa shape index (κ3) is 2.04. The molecule has 15 heavy (non-hydrogen) atoms. The molecule has 2 heteroatoms. The molecule has 1 aromatic rings. The highest BCUT2D eigenvalue weighted by Gasteiger charge is 2.25. The lowest BCUT2D eigenvalue weighted by molar-refractivity contribution is -0.121. The molecule has 2 nitrogen and oxygen atoms in total. The smallest absolute Gasteiger partial charge is 0.228 e. The number of nitrogens with one attached hydrogen (secondary N) is 1. The molecule has 78 valence electrons. The minimum absolute atomic E-state index is 0.0738. The van der Waals surface area contributed by atoms with Crippen molar-refractivity contribution in [2.24, 2.45) is 0 Å². The average Bonchev–Trinajstić information content (AvgIpc) is 2.28. The fourth-order valence-electron chi connectivity index (χ4n) is 2.01. The molecule has 1 aliphatic carbocycles.